The molecule has 0 atom stereocenters. The maximum absolute atomic E-state index is 3.79. The van der Waals surface area contributed by atoms with Crippen molar-refractivity contribution in [3.8, 4) is 0 Å². The Balaban J connectivity index is 1.62. The summed E-state index contributed by atoms with van der Waals surface area (Å²) < 4.78 is 1.07. The van der Waals surface area contributed by atoms with Gasteiger partial charge in [0, 0.05) is 10.0 Å². The first-order valence-electron chi connectivity index (χ1n) is 11.3. The van der Waals surface area contributed by atoms with Crippen LogP contribution >= 0.6 is 15.9 Å². The van der Waals surface area contributed by atoms with E-state index in [1.165, 1.54) is 28.2 Å². The zero-order valence-corrected chi connectivity index (χ0v) is 19.7. The van der Waals surface area contributed by atoms with Gasteiger partial charge in [0.2, 0.25) is 0 Å². The summed E-state index contributed by atoms with van der Waals surface area (Å²) in [6.45, 7) is 0. The molecule has 3 heteroatoms. The largest absolute Gasteiger partial charge is 0.306 e. The number of allylic oxidation sites excluding steroid dienone is 4. The van der Waals surface area contributed by atoms with Gasteiger partial charge in [0.1, 0.15) is 0 Å². The van der Waals surface area contributed by atoms with Crippen LogP contribution < -0.4 is 9.80 Å². The number of halogens is 1. The van der Waals surface area contributed by atoms with E-state index in [-0.39, 0.29) is 0 Å². The number of hydrogen-bond acceptors (Lipinski definition) is 2. The van der Waals surface area contributed by atoms with Crippen molar-refractivity contribution >= 4 is 55.6 Å². The quantitative estimate of drug-likeness (QED) is 0.248. The van der Waals surface area contributed by atoms with Gasteiger partial charge in [-0.2, -0.15) is 0 Å². The lowest BCUT2D eigenvalue weighted by molar-refractivity contribution is 1.04. The second kappa shape index (κ2) is 8.42. The molecule has 0 N–H and O–H groups in total. The SMILES string of the molecule is Brc1ccccc1N1c2ccccc2N(c2ccccc2C2=CCCC=C2)c2ccccc21. The Hall–Kier alpha value is -3.56. The summed E-state index contributed by atoms with van der Waals surface area (Å²) in [7, 11) is 0. The minimum atomic E-state index is 1.07. The topological polar surface area (TPSA) is 6.48 Å². The van der Waals surface area contributed by atoms with Crippen LogP contribution in [0.4, 0.5) is 34.1 Å². The van der Waals surface area contributed by atoms with Crippen LogP contribution in [0, 0.1) is 0 Å². The molecule has 4 aromatic rings. The Bertz CT molecular complexity index is 1350. The Kier molecular flexibility index (Phi) is 5.12. The highest BCUT2D eigenvalue weighted by Gasteiger charge is 2.31. The predicted molar refractivity (Wildman–Crippen MR) is 143 cm³/mol. The van der Waals surface area contributed by atoms with Gasteiger partial charge in [-0.3, -0.25) is 0 Å². The van der Waals surface area contributed by atoms with E-state index in [4.69, 9.17) is 0 Å². The average Bonchev–Trinajstić information content (AvgIpc) is 2.88. The number of hydrogen-bond donors (Lipinski definition) is 0. The fraction of sp³-hybridized carbons (Fsp3) is 0.0667. The molecule has 33 heavy (non-hydrogen) atoms. The van der Waals surface area contributed by atoms with Gasteiger partial charge in [-0.25, -0.2) is 0 Å². The second-order valence-electron chi connectivity index (χ2n) is 8.26. The molecule has 0 unspecified atom stereocenters. The van der Waals surface area contributed by atoms with Crippen molar-refractivity contribution in [3.05, 3.63) is 125 Å². The minimum absolute atomic E-state index is 1.07. The van der Waals surface area contributed by atoms with Crippen molar-refractivity contribution in [2.24, 2.45) is 0 Å². The summed E-state index contributed by atoms with van der Waals surface area (Å²) in [6.07, 6.45) is 9.09. The maximum atomic E-state index is 3.79. The second-order valence-corrected chi connectivity index (χ2v) is 9.11. The van der Waals surface area contributed by atoms with E-state index in [0.717, 1.165) is 34.4 Å². The summed E-state index contributed by atoms with van der Waals surface area (Å²) in [6, 6.07) is 34.5. The third-order valence-electron chi connectivity index (χ3n) is 6.27. The van der Waals surface area contributed by atoms with Crippen molar-refractivity contribution in [3.63, 3.8) is 0 Å². The van der Waals surface area contributed by atoms with Crippen LogP contribution in [0.3, 0.4) is 0 Å². The Morgan fingerprint density at radius 3 is 1.55 bits per heavy atom. The van der Waals surface area contributed by atoms with E-state index in [2.05, 4.69) is 141 Å². The highest BCUT2D eigenvalue weighted by atomic mass is 79.9. The van der Waals surface area contributed by atoms with Gasteiger partial charge in [-0.1, -0.05) is 72.8 Å². The molecule has 1 aliphatic heterocycles. The van der Waals surface area contributed by atoms with E-state index in [0.29, 0.717) is 0 Å². The highest BCUT2D eigenvalue weighted by molar-refractivity contribution is 9.10. The van der Waals surface area contributed by atoms with Gasteiger partial charge in [0.15, 0.2) is 0 Å². The number of rotatable bonds is 3. The molecule has 0 spiro atoms. The molecular weight excluding hydrogens is 468 g/mol. The van der Waals surface area contributed by atoms with Gasteiger partial charge < -0.3 is 9.80 Å². The third kappa shape index (κ3) is 3.40. The summed E-state index contributed by atoms with van der Waals surface area (Å²) in [5.74, 6) is 0. The molecule has 0 saturated heterocycles. The molecule has 2 nitrogen and oxygen atoms in total. The van der Waals surface area contributed by atoms with Crippen LogP contribution in [-0.4, -0.2) is 0 Å². The Morgan fingerprint density at radius 2 is 1.00 bits per heavy atom. The van der Waals surface area contributed by atoms with Gasteiger partial charge >= 0.3 is 0 Å². The molecule has 1 aliphatic carbocycles. The lowest BCUT2D eigenvalue weighted by atomic mass is 9.96. The van der Waals surface area contributed by atoms with Crippen LogP contribution in [0.2, 0.25) is 0 Å². The van der Waals surface area contributed by atoms with E-state index >= 15 is 0 Å². The number of benzene rings is 4. The van der Waals surface area contributed by atoms with Gasteiger partial charge in [0.25, 0.3) is 0 Å². The molecule has 2 aliphatic rings. The van der Waals surface area contributed by atoms with Crippen LogP contribution in [0.25, 0.3) is 5.57 Å². The molecule has 0 fully saturated rings. The van der Waals surface area contributed by atoms with E-state index in [9.17, 15) is 0 Å². The van der Waals surface area contributed by atoms with Crippen LogP contribution in [-0.2, 0) is 0 Å². The van der Waals surface area contributed by atoms with Gasteiger partial charge in [0.05, 0.1) is 34.1 Å². The number of nitrogens with zero attached hydrogens (tertiary/aromatic N) is 2. The number of fused-ring (bicyclic) bond motifs is 2. The van der Waals surface area contributed by atoms with E-state index < -0.39 is 0 Å². The molecule has 6 rings (SSSR count). The summed E-state index contributed by atoms with van der Waals surface area (Å²) in [5.41, 5.74) is 9.52. The highest BCUT2D eigenvalue weighted by Crippen LogP contribution is 2.55. The molecule has 0 radical (unpaired) electrons. The Morgan fingerprint density at radius 1 is 0.515 bits per heavy atom. The molecular formula is C30H23BrN2. The van der Waals surface area contributed by atoms with Crippen molar-refractivity contribution in [2.45, 2.75) is 12.8 Å². The number of para-hydroxylation sites is 6. The lowest BCUT2D eigenvalue weighted by Crippen LogP contribution is -2.24. The van der Waals surface area contributed by atoms with Crippen molar-refractivity contribution in [1.29, 1.82) is 0 Å². The monoisotopic (exact) mass is 490 g/mol. The van der Waals surface area contributed by atoms with Crippen LogP contribution in [0.1, 0.15) is 18.4 Å². The van der Waals surface area contributed by atoms with Crippen molar-refractivity contribution in [1.82, 2.24) is 0 Å². The van der Waals surface area contributed by atoms with Gasteiger partial charge in [-0.05, 0) is 76.8 Å². The molecule has 0 saturated carbocycles. The molecule has 0 bridgehead atoms. The van der Waals surface area contributed by atoms with E-state index in [1.807, 2.05) is 0 Å². The van der Waals surface area contributed by atoms with Crippen LogP contribution in [0.15, 0.2) is 120 Å². The zero-order chi connectivity index (χ0) is 22.2. The van der Waals surface area contributed by atoms with Crippen molar-refractivity contribution in [2.75, 3.05) is 9.80 Å². The normalized spacial score (nSPS) is 14.5. The maximum Gasteiger partial charge on any atom is 0.0703 e. The third-order valence-corrected chi connectivity index (χ3v) is 6.94. The first-order valence-corrected chi connectivity index (χ1v) is 12.1. The zero-order valence-electron chi connectivity index (χ0n) is 18.2. The minimum Gasteiger partial charge on any atom is -0.306 e. The Labute approximate surface area is 203 Å². The molecule has 160 valence electrons. The lowest BCUT2D eigenvalue weighted by Gasteiger charge is -2.41. The van der Waals surface area contributed by atoms with Gasteiger partial charge in [-0.15, -0.1) is 0 Å². The summed E-state index contributed by atoms with van der Waals surface area (Å²) in [5, 5.41) is 0. The summed E-state index contributed by atoms with van der Waals surface area (Å²) >= 11 is 3.79. The van der Waals surface area contributed by atoms with Crippen molar-refractivity contribution < 1.29 is 0 Å². The molecule has 0 amide bonds. The van der Waals surface area contributed by atoms with Crippen LogP contribution in [0.5, 0.6) is 0 Å². The summed E-state index contributed by atoms with van der Waals surface area (Å²) in [4.78, 5) is 4.77. The average molecular weight is 491 g/mol. The smallest absolute Gasteiger partial charge is 0.0703 e. The molecule has 1 heterocycles. The number of anilines is 6. The van der Waals surface area contributed by atoms with E-state index in [1.54, 1.807) is 0 Å². The fourth-order valence-corrected chi connectivity index (χ4v) is 5.28. The molecule has 0 aromatic heterocycles. The molecule has 4 aromatic carbocycles. The first kappa shape index (κ1) is 20.1. The standard InChI is InChI=1S/C30H23BrN2/c31-24-15-5-7-17-26(24)33-29-20-10-8-18-27(29)32(28-19-9-11-21-30(28)33)25-16-6-4-14-23(25)22-12-2-1-3-13-22/h2,4-21H,1,3H2. The fourth-order valence-electron chi connectivity index (χ4n) is 4.82. The predicted octanol–water partition coefficient (Wildman–Crippen LogP) is 9.44. The first-order chi connectivity index (χ1) is 16.3.